The zero-order valence-corrected chi connectivity index (χ0v) is 53.8. The fourth-order valence-corrected chi connectivity index (χ4v) is 6.00. The lowest BCUT2D eigenvalue weighted by Crippen LogP contribution is -2.38. The first-order valence-corrected chi connectivity index (χ1v) is 36.5. The summed E-state index contributed by atoms with van der Waals surface area (Å²) in [5, 5.41) is 0. The second-order valence-corrected chi connectivity index (χ2v) is 35.4. The van der Waals surface area contributed by atoms with Gasteiger partial charge < -0.3 is 106 Å². The maximum atomic E-state index is 4.93. The van der Waals surface area contributed by atoms with Crippen molar-refractivity contribution in [2.45, 2.75) is 171 Å². The molecule has 0 aliphatic heterocycles. The number of rotatable bonds is 24. The fraction of sp³-hybridized carbons (Fsp3) is 1.00. The minimum absolute atomic E-state index is 0. The van der Waals surface area contributed by atoms with Gasteiger partial charge in [-0.3, -0.25) is 0 Å². The molecule has 0 saturated carbocycles. The minimum atomic E-state index is -2.17. The molecule has 0 spiro atoms. The molecule has 0 bridgehead atoms. The van der Waals surface area contributed by atoms with Gasteiger partial charge in [0.05, 0.1) is 0 Å². The van der Waals surface area contributed by atoms with Crippen molar-refractivity contribution >= 4 is 70.4 Å². The Morgan fingerprint density at radius 2 is 0.125 bits per heavy atom. The van der Waals surface area contributed by atoms with Gasteiger partial charge in [-0.15, -0.1) is 0 Å². The molecule has 80 heavy (non-hydrogen) atoms. The summed E-state index contributed by atoms with van der Waals surface area (Å²) in [5.41, 5.74) is 0. The van der Waals surface area contributed by atoms with Gasteiger partial charge in [0.1, 0.15) is 0 Å². The molecule has 528 valence electrons. The van der Waals surface area contributed by atoms with Crippen LogP contribution in [0.15, 0.2) is 0 Å². The normalized spacial score (nSPS) is 9.60. The van der Waals surface area contributed by atoms with Crippen LogP contribution in [0.1, 0.15) is 119 Å². The molecule has 0 heterocycles. The molecule has 0 rings (SSSR count). The van der Waals surface area contributed by atoms with Gasteiger partial charge in [-0.2, -0.15) is 0 Å². The molecular formula is C48H160O24Si8. The van der Waals surface area contributed by atoms with Crippen LogP contribution in [0, 0.1) is 0 Å². The predicted octanol–water partition coefficient (Wildman–Crippen LogP) is 14.1. The van der Waals surface area contributed by atoms with Gasteiger partial charge in [0.25, 0.3) is 0 Å². The van der Waals surface area contributed by atoms with Gasteiger partial charge in [-0.25, -0.2) is 0 Å². The molecule has 0 saturated heterocycles. The Hall–Kier alpha value is 0.775. The fourth-order valence-electron chi connectivity index (χ4n) is 2.00. The molecule has 24 nitrogen and oxygen atoms in total. The van der Waals surface area contributed by atoms with Crippen LogP contribution in [0.4, 0.5) is 0 Å². The van der Waals surface area contributed by atoms with Crippen LogP contribution in [0.3, 0.4) is 0 Å². The van der Waals surface area contributed by atoms with Crippen LogP contribution in [-0.4, -0.2) is 241 Å². The summed E-state index contributed by atoms with van der Waals surface area (Å²) >= 11 is 0. The largest absolute Gasteiger partial charge is 0.496 e. The molecule has 0 aromatic carbocycles. The van der Waals surface area contributed by atoms with Gasteiger partial charge >= 0.3 is 70.4 Å². The molecule has 0 N–H and O–H groups in total. The molecule has 0 aliphatic rings. The van der Waals surface area contributed by atoms with Crippen LogP contribution >= 0.6 is 0 Å². The van der Waals surface area contributed by atoms with Crippen LogP contribution in [-0.2, 0) is 106 Å². The van der Waals surface area contributed by atoms with Crippen molar-refractivity contribution in [3.8, 4) is 0 Å². The van der Waals surface area contributed by atoms with E-state index < -0.39 is 70.4 Å². The smallest absolute Gasteiger partial charge is 0.377 e. The van der Waals surface area contributed by atoms with E-state index in [1.165, 1.54) is 0 Å². The highest BCUT2D eigenvalue weighted by Gasteiger charge is 2.33. The molecule has 0 aromatic rings. The van der Waals surface area contributed by atoms with Gasteiger partial charge in [-0.1, -0.05) is 119 Å². The Labute approximate surface area is 516 Å². The first-order chi connectivity index (χ1) is 29.5. The van der Waals surface area contributed by atoms with Crippen molar-refractivity contribution < 1.29 is 106 Å². The predicted molar refractivity (Wildman–Crippen MR) is 369 cm³/mol. The SMILES string of the molecule is C.C.C.C.C.C.C.C.C.C.C.C.C.C.C.C.CO[Si](C)(OC)OC.CO[Si](C)(OC)OC.CO[Si](C)(OC)OC.CO[Si](C)(OC)OC.CO[Si](C)(OC)OC.CO[Si](C)(OC)OC.CO[Si](C)(OC)OC.CO[Si](C)(OC)OC. The van der Waals surface area contributed by atoms with Crippen LogP contribution in [0.2, 0.25) is 52.4 Å². The van der Waals surface area contributed by atoms with E-state index in [-0.39, 0.29) is 119 Å². The molecule has 0 fully saturated rings. The molecule has 0 atom stereocenters. The number of hydrogen-bond acceptors (Lipinski definition) is 24. The average molecular weight is 1350 g/mol. The molecule has 0 amide bonds. The van der Waals surface area contributed by atoms with E-state index in [0.717, 1.165) is 0 Å². The third-order valence-corrected chi connectivity index (χ3v) is 26.7. The molecular weight excluding hydrogens is 1190 g/mol. The third-order valence-electron chi connectivity index (χ3n) is 8.90. The second kappa shape index (κ2) is 93.5. The summed E-state index contributed by atoms with van der Waals surface area (Å²) in [5.74, 6) is 0. The Balaban J connectivity index is -0.0000000198. The standard InChI is InChI=1S/8C4H12O3Si.16CH4/c8*1-5-8(4,6-2)7-3;;;;;;;;;;;;;;;;/h8*1-4H3;16*1H4. The quantitative estimate of drug-likeness (QED) is 0.0820. The summed E-state index contributed by atoms with van der Waals surface area (Å²) in [6.07, 6.45) is 0. The first-order valence-electron chi connectivity index (χ1n) is 18.7. The van der Waals surface area contributed by atoms with Crippen molar-refractivity contribution in [1.29, 1.82) is 0 Å². The van der Waals surface area contributed by atoms with Crippen molar-refractivity contribution in [2.24, 2.45) is 0 Å². The van der Waals surface area contributed by atoms with Crippen LogP contribution in [0.5, 0.6) is 0 Å². The van der Waals surface area contributed by atoms with E-state index >= 15 is 0 Å². The van der Waals surface area contributed by atoms with Gasteiger partial charge in [0.15, 0.2) is 0 Å². The van der Waals surface area contributed by atoms with Crippen molar-refractivity contribution in [2.75, 3.05) is 171 Å². The topological polar surface area (TPSA) is 222 Å². The van der Waals surface area contributed by atoms with Gasteiger partial charge in [-0.05, 0) is 0 Å². The van der Waals surface area contributed by atoms with E-state index in [0.29, 0.717) is 0 Å². The Morgan fingerprint density at radius 3 is 0.125 bits per heavy atom. The zero-order valence-electron chi connectivity index (χ0n) is 45.8. The molecule has 32 heteroatoms. The summed E-state index contributed by atoms with van der Waals surface area (Å²) in [7, 11) is 20.6. The van der Waals surface area contributed by atoms with E-state index in [9.17, 15) is 0 Å². The van der Waals surface area contributed by atoms with Crippen LogP contribution in [0.25, 0.3) is 0 Å². The highest BCUT2D eigenvalue weighted by atomic mass is 28.4. The lowest BCUT2D eigenvalue weighted by atomic mass is 11.8. The summed E-state index contributed by atoms with van der Waals surface area (Å²) in [6.45, 7) is 14.6. The lowest BCUT2D eigenvalue weighted by molar-refractivity contribution is 0.131. The lowest BCUT2D eigenvalue weighted by Gasteiger charge is -2.18. The number of hydrogen-bond donors (Lipinski definition) is 0. The Morgan fingerprint density at radius 1 is 0.100 bits per heavy atom. The van der Waals surface area contributed by atoms with Crippen LogP contribution < -0.4 is 0 Å². The van der Waals surface area contributed by atoms with Gasteiger partial charge in [0, 0.05) is 223 Å². The van der Waals surface area contributed by atoms with Gasteiger partial charge in [0.2, 0.25) is 0 Å². The van der Waals surface area contributed by atoms with Crippen molar-refractivity contribution in [3.05, 3.63) is 0 Å². The third kappa shape index (κ3) is 90.0. The van der Waals surface area contributed by atoms with E-state index in [1.54, 1.807) is 171 Å². The maximum Gasteiger partial charge on any atom is 0.496 e. The Bertz CT molecular complexity index is 662. The summed E-state index contributed by atoms with van der Waals surface area (Å²) in [6, 6.07) is 0. The van der Waals surface area contributed by atoms with E-state index in [4.69, 9.17) is 106 Å². The Kier molecular flexibility index (Phi) is 186. The molecule has 0 aliphatic carbocycles. The average Bonchev–Trinajstić information content (AvgIpc) is 3.37. The first kappa shape index (κ1) is 159. The van der Waals surface area contributed by atoms with Crippen molar-refractivity contribution in [1.82, 2.24) is 0 Å². The molecule has 0 unspecified atom stereocenters. The zero-order chi connectivity index (χ0) is 53.0. The van der Waals surface area contributed by atoms with E-state index in [1.807, 2.05) is 52.4 Å². The van der Waals surface area contributed by atoms with Crippen molar-refractivity contribution in [3.63, 3.8) is 0 Å². The summed E-state index contributed by atoms with van der Waals surface area (Å²) < 4.78 is 118. The summed E-state index contributed by atoms with van der Waals surface area (Å²) in [4.78, 5) is 0. The molecule has 0 radical (unpaired) electrons. The maximum absolute atomic E-state index is 4.93. The minimum Gasteiger partial charge on any atom is -0.377 e. The highest BCUT2D eigenvalue weighted by molar-refractivity contribution is 6.61. The second-order valence-electron chi connectivity index (χ2n) is 11.8. The monoisotopic (exact) mass is 1340 g/mol. The van der Waals surface area contributed by atoms with E-state index in [2.05, 4.69) is 0 Å². The molecule has 0 aromatic heterocycles. The highest BCUT2D eigenvalue weighted by Crippen LogP contribution is 2.07.